The number of fused-ring (bicyclic) bond motifs is 3. The molecule has 0 amide bonds. The summed E-state index contributed by atoms with van der Waals surface area (Å²) in [6.07, 6.45) is 4.14. The van der Waals surface area contributed by atoms with Gasteiger partial charge in [-0.2, -0.15) is 0 Å². The predicted molar refractivity (Wildman–Crippen MR) is 80.7 cm³/mol. The first-order chi connectivity index (χ1) is 10.3. The van der Waals surface area contributed by atoms with Gasteiger partial charge in [0, 0.05) is 12.6 Å². The summed E-state index contributed by atoms with van der Waals surface area (Å²) in [7, 11) is 0. The summed E-state index contributed by atoms with van der Waals surface area (Å²) in [4.78, 5) is 2.52. The summed E-state index contributed by atoms with van der Waals surface area (Å²) in [6.45, 7) is 3.58. The SMILES string of the molecule is Clc1ccc(-n2cnnn2)cc1NC1CN2CCC1CC2. The van der Waals surface area contributed by atoms with Gasteiger partial charge in [0.15, 0.2) is 0 Å². The normalized spacial score (nSPS) is 27.8. The molecule has 0 radical (unpaired) electrons. The van der Waals surface area contributed by atoms with Gasteiger partial charge in [-0.3, -0.25) is 0 Å². The summed E-state index contributed by atoms with van der Waals surface area (Å²) in [6, 6.07) is 6.30. The minimum atomic E-state index is 0.481. The molecule has 3 aliphatic rings. The van der Waals surface area contributed by atoms with Crippen molar-refractivity contribution >= 4 is 17.3 Å². The molecule has 21 heavy (non-hydrogen) atoms. The van der Waals surface area contributed by atoms with E-state index >= 15 is 0 Å². The van der Waals surface area contributed by atoms with Gasteiger partial charge in [-0.25, -0.2) is 4.68 Å². The van der Waals surface area contributed by atoms with Gasteiger partial charge in [-0.1, -0.05) is 11.6 Å². The molecule has 1 atom stereocenters. The number of nitrogens with one attached hydrogen (secondary N) is 1. The van der Waals surface area contributed by atoms with Crippen LogP contribution in [-0.4, -0.2) is 50.8 Å². The van der Waals surface area contributed by atoms with Gasteiger partial charge >= 0.3 is 0 Å². The molecular formula is C14H17ClN6. The van der Waals surface area contributed by atoms with Crippen LogP contribution in [0, 0.1) is 5.92 Å². The summed E-state index contributed by atoms with van der Waals surface area (Å²) >= 11 is 6.34. The number of benzene rings is 1. The Morgan fingerprint density at radius 3 is 2.76 bits per heavy atom. The smallest absolute Gasteiger partial charge is 0.143 e. The van der Waals surface area contributed by atoms with Crippen molar-refractivity contribution in [1.82, 2.24) is 25.1 Å². The molecule has 0 spiro atoms. The van der Waals surface area contributed by atoms with Crippen molar-refractivity contribution in [2.45, 2.75) is 18.9 Å². The van der Waals surface area contributed by atoms with Gasteiger partial charge in [0.05, 0.1) is 16.4 Å². The molecule has 2 bridgehead atoms. The summed E-state index contributed by atoms with van der Waals surface area (Å²) < 4.78 is 1.64. The van der Waals surface area contributed by atoms with E-state index in [1.54, 1.807) is 11.0 Å². The van der Waals surface area contributed by atoms with Crippen LogP contribution in [0.25, 0.3) is 5.69 Å². The molecule has 6 nitrogen and oxygen atoms in total. The van der Waals surface area contributed by atoms with E-state index in [2.05, 4.69) is 25.7 Å². The highest BCUT2D eigenvalue weighted by Gasteiger charge is 2.34. The highest BCUT2D eigenvalue weighted by atomic mass is 35.5. The van der Waals surface area contributed by atoms with Crippen molar-refractivity contribution < 1.29 is 0 Å². The molecule has 3 aliphatic heterocycles. The monoisotopic (exact) mass is 304 g/mol. The summed E-state index contributed by atoms with van der Waals surface area (Å²) in [5.41, 5.74) is 1.87. The molecule has 110 valence electrons. The number of halogens is 1. The van der Waals surface area contributed by atoms with E-state index in [-0.39, 0.29) is 0 Å². The highest BCUT2D eigenvalue weighted by Crippen LogP contribution is 2.32. The van der Waals surface area contributed by atoms with E-state index in [1.165, 1.54) is 25.9 Å². The minimum Gasteiger partial charge on any atom is -0.379 e. The van der Waals surface area contributed by atoms with Crippen LogP contribution in [0.15, 0.2) is 24.5 Å². The first kappa shape index (κ1) is 13.0. The maximum atomic E-state index is 6.34. The van der Waals surface area contributed by atoms with Gasteiger partial charge in [0.1, 0.15) is 6.33 Å². The zero-order valence-electron chi connectivity index (χ0n) is 11.6. The fourth-order valence-corrected chi connectivity index (χ4v) is 3.55. The van der Waals surface area contributed by atoms with Gasteiger partial charge in [-0.05, 0) is 60.5 Å². The third-order valence-corrected chi connectivity index (χ3v) is 4.89. The van der Waals surface area contributed by atoms with Crippen LogP contribution in [0.4, 0.5) is 5.69 Å². The standard InChI is InChI=1S/C14H17ClN6/c15-12-2-1-11(21-9-16-18-19-21)7-13(12)17-14-8-20-5-3-10(14)4-6-20/h1-2,7,9-10,14,17H,3-6,8H2. The largest absolute Gasteiger partial charge is 0.379 e. The summed E-state index contributed by atoms with van der Waals surface area (Å²) in [5.74, 6) is 0.753. The Hall–Kier alpha value is -1.66. The van der Waals surface area contributed by atoms with E-state index in [1.807, 2.05) is 18.2 Å². The van der Waals surface area contributed by atoms with Crippen LogP contribution in [0.1, 0.15) is 12.8 Å². The van der Waals surface area contributed by atoms with Crippen molar-refractivity contribution in [2.75, 3.05) is 25.0 Å². The van der Waals surface area contributed by atoms with Crippen molar-refractivity contribution in [2.24, 2.45) is 5.92 Å². The molecule has 3 fully saturated rings. The second-order valence-electron chi connectivity index (χ2n) is 5.81. The lowest BCUT2D eigenvalue weighted by atomic mass is 9.84. The van der Waals surface area contributed by atoms with Crippen molar-refractivity contribution in [3.8, 4) is 5.69 Å². The Balaban J connectivity index is 1.58. The Kier molecular flexibility index (Phi) is 3.27. The summed E-state index contributed by atoms with van der Waals surface area (Å²) in [5, 5.41) is 15.6. The van der Waals surface area contributed by atoms with Crippen molar-refractivity contribution in [3.05, 3.63) is 29.5 Å². The number of aromatic nitrogens is 4. The third-order valence-electron chi connectivity index (χ3n) is 4.56. The van der Waals surface area contributed by atoms with Crippen molar-refractivity contribution in [1.29, 1.82) is 0 Å². The molecule has 3 saturated heterocycles. The second kappa shape index (κ2) is 5.27. The number of tetrazole rings is 1. The molecule has 1 aromatic carbocycles. The highest BCUT2D eigenvalue weighted by molar-refractivity contribution is 6.33. The van der Waals surface area contributed by atoms with Gasteiger partial charge in [0.25, 0.3) is 0 Å². The lowest BCUT2D eigenvalue weighted by Gasteiger charge is -2.45. The molecule has 5 rings (SSSR count). The zero-order valence-corrected chi connectivity index (χ0v) is 12.4. The van der Waals surface area contributed by atoms with Crippen LogP contribution in [0.2, 0.25) is 5.02 Å². The van der Waals surface area contributed by atoms with E-state index in [0.29, 0.717) is 6.04 Å². The first-order valence-electron chi connectivity index (χ1n) is 7.31. The Morgan fingerprint density at radius 2 is 2.10 bits per heavy atom. The number of rotatable bonds is 3. The van der Waals surface area contributed by atoms with Gasteiger partial charge in [-0.15, -0.1) is 5.10 Å². The molecule has 1 aromatic heterocycles. The van der Waals surface area contributed by atoms with Gasteiger partial charge in [0.2, 0.25) is 0 Å². The Morgan fingerprint density at radius 1 is 1.24 bits per heavy atom. The van der Waals surface area contributed by atoms with Crippen LogP contribution >= 0.6 is 11.6 Å². The molecule has 2 aromatic rings. The zero-order chi connectivity index (χ0) is 14.2. The lowest BCUT2D eigenvalue weighted by molar-refractivity contribution is 0.0975. The van der Waals surface area contributed by atoms with Crippen molar-refractivity contribution in [3.63, 3.8) is 0 Å². The van der Waals surface area contributed by atoms with Crippen LogP contribution < -0.4 is 5.32 Å². The van der Waals surface area contributed by atoms with E-state index in [9.17, 15) is 0 Å². The average molecular weight is 305 g/mol. The Labute approximate surface area is 128 Å². The number of hydrogen-bond acceptors (Lipinski definition) is 5. The van der Waals surface area contributed by atoms with Crippen LogP contribution in [0.3, 0.4) is 0 Å². The minimum absolute atomic E-state index is 0.481. The predicted octanol–water partition coefficient (Wildman–Crippen LogP) is 1.82. The molecular weight excluding hydrogens is 288 g/mol. The van der Waals surface area contributed by atoms with E-state index in [0.717, 1.165) is 28.9 Å². The maximum absolute atomic E-state index is 6.34. The van der Waals surface area contributed by atoms with E-state index in [4.69, 9.17) is 11.6 Å². The van der Waals surface area contributed by atoms with E-state index < -0.39 is 0 Å². The topological polar surface area (TPSA) is 58.9 Å². The number of piperidine rings is 3. The quantitative estimate of drug-likeness (QED) is 0.937. The number of hydrogen-bond donors (Lipinski definition) is 1. The molecule has 7 heteroatoms. The molecule has 1 unspecified atom stereocenters. The second-order valence-corrected chi connectivity index (χ2v) is 6.21. The molecule has 4 heterocycles. The fourth-order valence-electron chi connectivity index (χ4n) is 3.37. The first-order valence-corrected chi connectivity index (χ1v) is 7.69. The molecule has 1 N–H and O–H groups in total. The molecule has 0 saturated carbocycles. The fraction of sp³-hybridized carbons (Fsp3) is 0.500. The average Bonchev–Trinajstić information content (AvgIpc) is 3.05. The van der Waals surface area contributed by atoms with Gasteiger partial charge < -0.3 is 10.2 Å². The molecule has 0 aliphatic carbocycles. The number of nitrogens with zero attached hydrogens (tertiary/aromatic N) is 5. The van der Waals surface area contributed by atoms with Crippen LogP contribution in [-0.2, 0) is 0 Å². The number of anilines is 1. The maximum Gasteiger partial charge on any atom is 0.143 e. The van der Waals surface area contributed by atoms with Crippen LogP contribution in [0.5, 0.6) is 0 Å². The third kappa shape index (κ3) is 2.49. The lowest BCUT2D eigenvalue weighted by Crippen LogP contribution is -2.53. The Bertz CT molecular complexity index is 620.